The average Bonchev–Trinajstić information content (AvgIpc) is 3.54. The van der Waals surface area contributed by atoms with Gasteiger partial charge in [-0.3, -0.25) is 9.69 Å². The lowest BCUT2D eigenvalue weighted by Crippen LogP contribution is -2.54. The Bertz CT molecular complexity index is 796. The van der Waals surface area contributed by atoms with Gasteiger partial charge in [0, 0.05) is 39.8 Å². The summed E-state index contributed by atoms with van der Waals surface area (Å²) < 4.78 is -0.326. The molecule has 0 spiro atoms. The molecule has 4 heterocycles. The molecule has 1 saturated carbocycles. The highest BCUT2D eigenvalue weighted by atomic mass is 32.2. The summed E-state index contributed by atoms with van der Waals surface area (Å²) in [6.45, 7) is 13.3. The Labute approximate surface area is 185 Å². The van der Waals surface area contributed by atoms with E-state index in [9.17, 15) is 4.79 Å². The molecule has 6 rings (SSSR count). The third kappa shape index (κ3) is 2.11. The van der Waals surface area contributed by atoms with Crippen molar-refractivity contribution >= 4 is 52.8 Å². The maximum Gasteiger partial charge on any atom is 0.172 e. The Morgan fingerprint density at radius 2 is 1.71 bits per heavy atom. The number of thioether (sulfide) groups is 4. The number of hydrogen-bond donors (Lipinski definition) is 0. The molecule has 0 radical (unpaired) electrons. The third-order valence-electron chi connectivity index (χ3n) is 7.56. The predicted molar refractivity (Wildman–Crippen MR) is 126 cm³/mol. The lowest BCUT2D eigenvalue weighted by atomic mass is 9.77. The van der Waals surface area contributed by atoms with Gasteiger partial charge in [-0.15, -0.1) is 47.0 Å². The highest BCUT2D eigenvalue weighted by Gasteiger charge is 2.92. The van der Waals surface area contributed by atoms with Crippen molar-refractivity contribution in [2.24, 2.45) is 0 Å². The molecule has 28 heavy (non-hydrogen) atoms. The summed E-state index contributed by atoms with van der Waals surface area (Å²) in [5.74, 6) is 0.553. The number of ketones is 1. The Morgan fingerprint density at radius 1 is 0.964 bits per heavy atom. The van der Waals surface area contributed by atoms with Crippen molar-refractivity contribution in [3.05, 3.63) is 23.9 Å². The molecule has 8 unspecified atom stereocenters. The molecule has 0 amide bonds. The minimum absolute atomic E-state index is 0.0766. The molecule has 8 atom stereocenters. The van der Waals surface area contributed by atoms with Crippen molar-refractivity contribution in [1.29, 1.82) is 0 Å². The molecule has 0 aromatic heterocycles. The number of hydrogen-bond acceptors (Lipinski definition) is 7. The summed E-state index contributed by atoms with van der Waals surface area (Å²) in [6.07, 6.45) is 6.85. The number of likely N-dealkylation sites (N-methyl/N-ethyl adjacent to an activating group) is 1. The first-order valence-electron chi connectivity index (χ1n) is 10.7. The van der Waals surface area contributed by atoms with Crippen LogP contribution >= 0.6 is 47.0 Å². The molecule has 0 N–H and O–H groups in total. The smallest absolute Gasteiger partial charge is 0.172 e. The fourth-order valence-corrected chi connectivity index (χ4v) is 13.7. The SMILES string of the molecule is CCN(CC)C1=CC2SC2(C(=O)C23SC2C2SC2(N(CC)CC)C2SC23)C=C1. The highest BCUT2D eigenvalue weighted by molar-refractivity contribution is 8.19. The first-order chi connectivity index (χ1) is 13.5. The second-order valence-corrected chi connectivity index (χ2v) is 14.1. The molecule has 6 aliphatic rings. The van der Waals surface area contributed by atoms with Crippen LogP contribution in [-0.4, -0.2) is 82.4 Å². The van der Waals surface area contributed by atoms with E-state index in [-0.39, 0.29) is 9.49 Å². The van der Waals surface area contributed by atoms with Crippen molar-refractivity contribution in [2.45, 2.75) is 68.3 Å². The Morgan fingerprint density at radius 3 is 2.36 bits per heavy atom. The third-order valence-corrected chi connectivity index (χ3v) is 14.6. The van der Waals surface area contributed by atoms with Crippen molar-refractivity contribution in [1.82, 2.24) is 9.80 Å². The van der Waals surface area contributed by atoms with Crippen LogP contribution in [0.3, 0.4) is 0 Å². The minimum atomic E-state index is -0.249. The van der Waals surface area contributed by atoms with Crippen LogP contribution in [0.1, 0.15) is 27.7 Å². The topological polar surface area (TPSA) is 23.6 Å². The van der Waals surface area contributed by atoms with Gasteiger partial charge in [0.25, 0.3) is 0 Å². The van der Waals surface area contributed by atoms with Crippen LogP contribution in [-0.2, 0) is 4.79 Å². The van der Waals surface area contributed by atoms with Crippen LogP contribution in [0.4, 0.5) is 0 Å². The number of fused-ring (bicyclic) bond motifs is 7. The van der Waals surface area contributed by atoms with E-state index in [2.05, 4.69) is 79.2 Å². The van der Waals surface area contributed by atoms with Gasteiger partial charge in [-0.2, -0.15) is 0 Å². The van der Waals surface area contributed by atoms with Crippen molar-refractivity contribution in [3.63, 3.8) is 0 Å². The lowest BCUT2D eigenvalue weighted by molar-refractivity contribution is -0.121. The van der Waals surface area contributed by atoms with Crippen LogP contribution in [0.2, 0.25) is 0 Å². The Hall–Kier alpha value is 0.310. The molecule has 3 nitrogen and oxygen atoms in total. The fourth-order valence-electron chi connectivity index (χ4n) is 5.84. The largest absolute Gasteiger partial charge is 0.372 e. The van der Waals surface area contributed by atoms with E-state index in [4.69, 9.17) is 0 Å². The normalized spacial score (nSPS) is 50.8. The van der Waals surface area contributed by atoms with Gasteiger partial charge < -0.3 is 4.90 Å². The van der Waals surface area contributed by atoms with Crippen molar-refractivity contribution < 1.29 is 4.79 Å². The second-order valence-electron chi connectivity index (χ2n) is 8.53. The quantitative estimate of drug-likeness (QED) is 0.517. The van der Waals surface area contributed by atoms with Crippen LogP contribution < -0.4 is 0 Å². The molecule has 0 aromatic carbocycles. The second kappa shape index (κ2) is 5.96. The highest BCUT2D eigenvalue weighted by Crippen LogP contribution is 2.87. The molecule has 4 saturated heterocycles. The number of nitrogens with zero attached hydrogens (tertiary/aromatic N) is 2. The minimum Gasteiger partial charge on any atom is -0.372 e. The molecule has 4 aliphatic heterocycles. The van der Waals surface area contributed by atoms with Gasteiger partial charge in [0.15, 0.2) is 5.78 Å². The average molecular weight is 453 g/mol. The first kappa shape index (κ1) is 19.0. The molecule has 7 heteroatoms. The van der Waals surface area contributed by atoms with Crippen LogP contribution in [0, 0.1) is 0 Å². The van der Waals surface area contributed by atoms with Crippen LogP contribution in [0.15, 0.2) is 23.9 Å². The molecular formula is C21H28N2OS4. The maximum absolute atomic E-state index is 13.9. The number of Topliss-reactive ketones (excluding diaryl/α,β-unsaturated/α-hetero) is 1. The van der Waals surface area contributed by atoms with E-state index >= 15 is 0 Å². The van der Waals surface area contributed by atoms with Crippen molar-refractivity contribution in [2.75, 3.05) is 26.2 Å². The summed E-state index contributed by atoms with van der Waals surface area (Å²) in [4.78, 5) is 19.4. The summed E-state index contributed by atoms with van der Waals surface area (Å²) in [6, 6.07) is 0. The van der Waals surface area contributed by atoms with Gasteiger partial charge >= 0.3 is 0 Å². The van der Waals surface area contributed by atoms with Gasteiger partial charge in [-0.05, 0) is 39.1 Å². The van der Waals surface area contributed by atoms with Gasteiger partial charge in [-0.1, -0.05) is 19.9 Å². The molecule has 0 bridgehead atoms. The summed E-state index contributed by atoms with van der Waals surface area (Å²) in [7, 11) is 0. The van der Waals surface area contributed by atoms with Gasteiger partial charge in [0.1, 0.15) is 9.49 Å². The molecular weight excluding hydrogens is 425 g/mol. The zero-order chi connectivity index (χ0) is 19.5. The van der Waals surface area contributed by atoms with Crippen molar-refractivity contribution in [3.8, 4) is 0 Å². The number of allylic oxidation sites excluding steroid dienone is 1. The first-order valence-corrected chi connectivity index (χ1v) is 14.3. The van der Waals surface area contributed by atoms with Crippen LogP contribution in [0.25, 0.3) is 0 Å². The van der Waals surface area contributed by atoms with E-state index in [0.717, 1.165) is 26.2 Å². The predicted octanol–water partition coefficient (Wildman–Crippen LogP) is 3.71. The summed E-state index contributed by atoms with van der Waals surface area (Å²) in [5, 5.41) is 2.82. The number of rotatable bonds is 8. The standard InChI is InChI=1S/C21H28N2OS4/c1-5-22(6-2)12-9-10-19(13(11-12)26-19)18(24)20-14-16(25-14)21(23(7-3)8-4)17(28-21)15(20)27-20/h9-11,13-17H,5-8H2,1-4H3. The van der Waals surface area contributed by atoms with Gasteiger partial charge in [0.2, 0.25) is 0 Å². The van der Waals surface area contributed by atoms with E-state index in [0.29, 0.717) is 36.9 Å². The Kier molecular flexibility index (Phi) is 4.05. The zero-order valence-electron chi connectivity index (χ0n) is 16.9. The maximum atomic E-state index is 13.9. The molecule has 152 valence electrons. The van der Waals surface area contributed by atoms with Crippen LogP contribution in [0.5, 0.6) is 0 Å². The monoisotopic (exact) mass is 452 g/mol. The zero-order valence-corrected chi connectivity index (χ0v) is 20.1. The number of carbonyl (C=O) groups excluding carboxylic acids is 1. The molecule has 2 aliphatic carbocycles. The van der Waals surface area contributed by atoms with Gasteiger partial charge in [-0.25, -0.2) is 0 Å². The lowest BCUT2D eigenvalue weighted by Gasteiger charge is -2.32. The molecule has 5 fully saturated rings. The van der Waals surface area contributed by atoms with E-state index in [1.165, 1.54) is 5.70 Å². The van der Waals surface area contributed by atoms with E-state index < -0.39 is 0 Å². The van der Waals surface area contributed by atoms with E-state index in [1.54, 1.807) is 0 Å². The number of carbonyl (C=O) groups is 1. The van der Waals surface area contributed by atoms with E-state index in [1.807, 2.05) is 23.5 Å². The Balaban J connectivity index is 1.24. The molecule has 0 aromatic rings. The summed E-state index contributed by atoms with van der Waals surface area (Å²) in [5.41, 5.74) is 1.31. The summed E-state index contributed by atoms with van der Waals surface area (Å²) >= 11 is 8.21. The fraction of sp³-hybridized carbons (Fsp3) is 0.762. The van der Waals surface area contributed by atoms with Gasteiger partial charge in [0.05, 0.1) is 10.1 Å².